The Kier molecular flexibility index (Phi) is 3.85. The van der Waals surface area contributed by atoms with Crippen LogP contribution in [-0.2, 0) is 12.8 Å². The summed E-state index contributed by atoms with van der Waals surface area (Å²) in [6, 6.07) is 5.01. The highest BCUT2D eigenvalue weighted by atomic mass is 32.1. The number of carbonyl (C=O) groups excluding carboxylic acids is 1. The molecular formula is C16H16N6O2S. The largest absolute Gasteiger partial charge is 0.325 e. The third kappa shape index (κ3) is 3.05. The first-order valence-electron chi connectivity index (χ1n) is 7.91. The second kappa shape index (κ2) is 6.17. The number of aromatic nitrogens is 4. The molecule has 3 aromatic rings. The number of anilines is 2. The van der Waals surface area contributed by atoms with Crippen LogP contribution in [-0.4, -0.2) is 25.8 Å². The molecule has 4 rings (SSSR count). The van der Waals surface area contributed by atoms with Crippen molar-refractivity contribution < 1.29 is 4.79 Å². The molecule has 0 atom stereocenters. The van der Waals surface area contributed by atoms with Crippen molar-refractivity contribution in [2.24, 2.45) is 0 Å². The highest BCUT2D eigenvalue weighted by Crippen LogP contribution is 2.20. The number of hydrogen-bond donors (Lipinski definition) is 3. The standard InChI is InChI=1S/C16H16N6O2S/c1-9-8-12(18-16(24)19-13-6-3-7-25-13)22(21-9)15-17-11-5-2-4-10(11)14(23)20-15/h3,6-8H,2,4-5H2,1H3,(H,17,20,23)(H2,18,19,24). The molecule has 8 nitrogen and oxygen atoms in total. The summed E-state index contributed by atoms with van der Waals surface area (Å²) >= 11 is 1.43. The lowest BCUT2D eigenvalue weighted by Gasteiger charge is -2.09. The van der Waals surface area contributed by atoms with Crippen LogP contribution in [0.5, 0.6) is 0 Å². The number of aryl methyl sites for hydroxylation is 2. The van der Waals surface area contributed by atoms with Crippen molar-refractivity contribution >= 4 is 28.2 Å². The van der Waals surface area contributed by atoms with E-state index in [1.54, 1.807) is 6.07 Å². The molecule has 128 valence electrons. The molecule has 0 fully saturated rings. The molecule has 0 spiro atoms. The lowest BCUT2D eigenvalue weighted by atomic mass is 10.3. The maximum Gasteiger partial charge on any atom is 0.325 e. The number of carbonyl (C=O) groups is 1. The molecule has 0 saturated heterocycles. The molecule has 0 radical (unpaired) electrons. The summed E-state index contributed by atoms with van der Waals surface area (Å²) in [7, 11) is 0. The number of nitrogens with one attached hydrogen (secondary N) is 3. The first kappa shape index (κ1) is 15.6. The van der Waals surface area contributed by atoms with Crippen molar-refractivity contribution in [3.8, 4) is 5.95 Å². The predicted octanol–water partition coefficient (Wildman–Crippen LogP) is 2.46. The molecule has 0 unspecified atom stereocenters. The van der Waals surface area contributed by atoms with E-state index in [4.69, 9.17) is 0 Å². The molecule has 0 aromatic carbocycles. The average Bonchev–Trinajstić information content (AvgIpc) is 3.28. The molecule has 0 aliphatic heterocycles. The van der Waals surface area contributed by atoms with Crippen LogP contribution in [0.3, 0.4) is 0 Å². The van der Waals surface area contributed by atoms with Gasteiger partial charge in [-0.25, -0.2) is 9.78 Å². The Labute approximate surface area is 146 Å². The Balaban J connectivity index is 1.64. The third-order valence-electron chi connectivity index (χ3n) is 3.96. The Bertz CT molecular complexity index is 989. The number of H-pyrrole nitrogens is 1. The van der Waals surface area contributed by atoms with E-state index >= 15 is 0 Å². The molecule has 0 bridgehead atoms. The molecule has 1 aliphatic rings. The Morgan fingerprint density at radius 1 is 1.36 bits per heavy atom. The van der Waals surface area contributed by atoms with Crippen molar-refractivity contribution in [1.82, 2.24) is 19.7 Å². The van der Waals surface area contributed by atoms with Crippen molar-refractivity contribution in [1.29, 1.82) is 0 Å². The highest BCUT2D eigenvalue weighted by molar-refractivity contribution is 7.14. The number of thiophene rings is 1. The first-order valence-corrected chi connectivity index (χ1v) is 8.79. The number of rotatable bonds is 3. The van der Waals surface area contributed by atoms with Gasteiger partial charge in [0.05, 0.1) is 16.4 Å². The first-order chi connectivity index (χ1) is 12.1. The van der Waals surface area contributed by atoms with Crippen LogP contribution in [0.1, 0.15) is 23.4 Å². The maximum absolute atomic E-state index is 12.2. The van der Waals surface area contributed by atoms with Gasteiger partial charge < -0.3 is 0 Å². The van der Waals surface area contributed by atoms with Gasteiger partial charge >= 0.3 is 6.03 Å². The summed E-state index contributed by atoms with van der Waals surface area (Å²) in [4.78, 5) is 31.7. The normalized spacial score (nSPS) is 12.8. The number of nitrogens with zero attached hydrogens (tertiary/aromatic N) is 3. The van der Waals surface area contributed by atoms with Gasteiger partial charge in [-0.05, 0) is 43.7 Å². The fraction of sp³-hybridized carbons (Fsp3) is 0.250. The van der Waals surface area contributed by atoms with Crippen LogP contribution < -0.4 is 16.2 Å². The smallest absolute Gasteiger partial charge is 0.299 e. The highest BCUT2D eigenvalue weighted by Gasteiger charge is 2.20. The second-order valence-electron chi connectivity index (χ2n) is 5.81. The predicted molar refractivity (Wildman–Crippen MR) is 95.7 cm³/mol. The molecule has 25 heavy (non-hydrogen) atoms. The maximum atomic E-state index is 12.2. The van der Waals surface area contributed by atoms with E-state index < -0.39 is 0 Å². The minimum Gasteiger partial charge on any atom is -0.299 e. The molecule has 1 aliphatic carbocycles. The van der Waals surface area contributed by atoms with E-state index in [1.165, 1.54) is 16.0 Å². The van der Waals surface area contributed by atoms with Gasteiger partial charge in [0.1, 0.15) is 5.82 Å². The van der Waals surface area contributed by atoms with Gasteiger partial charge in [-0.2, -0.15) is 9.78 Å². The van der Waals surface area contributed by atoms with Gasteiger partial charge in [-0.15, -0.1) is 11.3 Å². The van der Waals surface area contributed by atoms with Gasteiger partial charge in [0.2, 0.25) is 5.95 Å². The molecule has 3 aromatic heterocycles. The topological polar surface area (TPSA) is 105 Å². The van der Waals surface area contributed by atoms with Crippen molar-refractivity contribution in [2.75, 3.05) is 10.6 Å². The Morgan fingerprint density at radius 3 is 3.04 bits per heavy atom. The van der Waals surface area contributed by atoms with Crippen molar-refractivity contribution in [3.63, 3.8) is 0 Å². The number of amides is 2. The Hall–Kier alpha value is -2.94. The zero-order valence-electron chi connectivity index (χ0n) is 13.5. The van der Waals surface area contributed by atoms with Crippen LogP contribution in [0.25, 0.3) is 5.95 Å². The molecule has 3 heterocycles. The molecule has 0 saturated carbocycles. The lowest BCUT2D eigenvalue weighted by Crippen LogP contribution is -2.23. The fourth-order valence-corrected chi connectivity index (χ4v) is 3.50. The molecule has 3 N–H and O–H groups in total. The van der Waals surface area contributed by atoms with E-state index in [2.05, 4.69) is 25.7 Å². The van der Waals surface area contributed by atoms with Crippen LogP contribution in [0.15, 0.2) is 28.4 Å². The van der Waals surface area contributed by atoms with Gasteiger partial charge in [-0.1, -0.05) is 0 Å². The van der Waals surface area contributed by atoms with Crippen molar-refractivity contribution in [2.45, 2.75) is 26.2 Å². The van der Waals surface area contributed by atoms with Crippen LogP contribution in [0.2, 0.25) is 0 Å². The van der Waals surface area contributed by atoms with E-state index in [9.17, 15) is 9.59 Å². The summed E-state index contributed by atoms with van der Waals surface area (Å²) < 4.78 is 1.45. The number of hydrogen-bond acceptors (Lipinski definition) is 5. The van der Waals surface area contributed by atoms with Gasteiger partial charge in [0.25, 0.3) is 5.56 Å². The fourth-order valence-electron chi connectivity index (χ4n) is 2.89. The lowest BCUT2D eigenvalue weighted by molar-refractivity contribution is 0.262. The second-order valence-corrected chi connectivity index (χ2v) is 6.76. The quantitative estimate of drug-likeness (QED) is 0.670. The summed E-state index contributed by atoms with van der Waals surface area (Å²) in [5.41, 5.74) is 2.12. The van der Waals surface area contributed by atoms with E-state index in [-0.39, 0.29) is 11.6 Å². The number of aromatic amines is 1. The van der Waals surface area contributed by atoms with Gasteiger partial charge in [0.15, 0.2) is 0 Å². The van der Waals surface area contributed by atoms with Crippen LogP contribution in [0, 0.1) is 6.92 Å². The Morgan fingerprint density at radius 2 is 2.24 bits per heavy atom. The van der Waals surface area contributed by atoms with E-state index in [1.807, 2.05) is 24.4 Å². The molecular weight excluding hydrogens is 340 g/mol. The summed E-state index contributed by atoms with van der Waals surface area (Å²) in [5.74, 6) is 0.748. The molecule has 2 amide bonds. The van der Waals surface area contributed by atoms with Gasteiger partial charge in [0, 0.05) is 11.6 Å². The summed E-state index contributed by atoms with van der Waals surface area (Å²) in [6.45, 7) is 1.81. The van der Waals surface area contributed by atoms with Gasteiger partial charge in [-0.3, -0.25) is 20.4 Å². The SMILES string of the molecule is Cc1cc(NC(=O)Nc2cccs2)n(-c2nc3c(c(=O)[nH]2)CCC3)n1. The zero-order chi connectivity index (χ0) is 17.4. The van der Waals surface area contributed by atoms with E-state index in [0.29, 0.717) is 17.5 Å². The number of urea groups is 1. The van der Waals surface area contributed by atoms with Crippen LogP contribution >= 0.6 is 11.3 Å². The average molecular weight is 356 g/mol. The van der Waals surface area contributed by atoms with Crippen LogP contribution in [0.4, 0.5) is 15.6 Å². The minimum atomic E-state index is -0.382. The minimum absolute atomic E-state index is 0.139. The number of fused-ring (bicyclic) bond motifs is 1. The summed E-state index contributed by atoms with van der Waals surface area (Å²) in [6.07, 6.45) is 2.47. The molecule has 9 heteroatoms. The third-order valence-corrected chi connectivity index (χ3v) is 4.75. The van der Waals surface area contributed by atoms with E-state index in [0.717, 1.165) is 35.5 Å². The monoisotopic (exact) mass is 356 g/mol. The zero-order valence-corrected chi connectivity index (χ0v) is 14.3. The van der Waals surface area contributed by atoms with Crippen molar-refractivity contribution in [3.05, 3.63) is 50.9 Å². The summed E-state index contributed by atoms with van der Waals surface area (Å²) in [5, 5.41) is 12.5.